The predicted molar refractivity (Wildman–Crippen MR) is 90.5 cm³/mol. The first kappa shape index (κ1) is 16.8. The Kier molecular flexibility index (Phi) is 5.67. The number of halogens is 4. The van der Waals surface area contributed by atoms with Gasteiger partial charge in [0.05, 0.1) is 5.02 Å². The van der Waals surface area contributed by atoms with Crippen molar-refractivity contribution in [2.24, 2.45) is 0 Å². The number of rotatable bonds is 4. The molecular weight excluding hydrogens is 376 g/mol. The smallest absolute Gasteiger partial charge is 0.142 e. The normalized spacial score (nSPS) is 14.0. The van der Waals surface area contributed by atoms with E-state index in [1.165, 1.54) is 12.1 Å². The Balaban J connectivity index is 2.20. The molecule has 0 saturated heterocycles. The highest BCUT2D eigenvalue weighted by molar-refractivity contribution is 9.10. The minimum atomic E-state index is -0.457. The fourth-order valence-electron chi connectivity index (χ4n) is 2.25. The van der Waals surface area contributed by atoms with Crippen molar-refractivity contribution >= 4 is 39.1 Å². The Hall–Kier alpha value is -0.610. The van der Waals surface area contributed by atoms with Crippen molar-refractivity contribution in [1.29, 1.82) is 0 Å². The minimum Gasteiger partial charge on any atom is -0.304 e. The van der Waals surface area contributed by atoms with Gasteiger partial charge in [0, 0.05) is 27.1 Å². The van der Waals surface area contributed by atoms with Crippen molar-refractivity contribution < 1.29 is 4.39 Å². The molecule has 0 aliphatic heterocycles. The highest BCUT2D eigenvalue weighted by Gasteiger charge is 2.19. The van der Waals surface area contributed by atoms with Crippen molar-refractivity contribution in [2.45, 2.75) is 25.9 Å². The van der Waals surface area contributed by atoms with Gasteiger partial charge < -0.3 is 5.32 Å². The van der Waals surface area contributed by atoms with Gasteiger partial charge in [-0.3, -0.25) is 0 Å². The molecule has 2 aromatic carbocycles. The van der Waals surface area contributed by atoms with E-state index in [-0.39, 0.29) is 17.1 Å². The van der Waals surface area contributed by atoms with Crippen molar-refractivity contribution in [3.63, 3.8) is 0 Å². The van der Waals surface area contributed by atoms with Crippen molar-refractivity contribution in [3.8, 4) is 0 Å². The molecule has 112 valence electrons. The van der Waals surface area contributed by atoms with E-state index in [9.17, 15) is 4.39 Å². The first-order valence-electron chi connectivity index (χ1n) is 6.55. The summed E-state index contributed by atoms with van der Waals surface area (Å²) < 4.78 is 14.6. The first-order valence-corrected chi connectivity index (χ1v) is 8.10. The van der Waals surface area contributed by atoms with E-state index in [1.807, 2.05) is 38.1 Å². The van der Waals surface area contributed by atoms with Gasteiger partial charge in [0.2, 0.25) is 0 Å². The molecule has 0 aliphatic rings. The Morgan fingerprint density at radius 2 is 1.62 bits per heavy atom. The lowest BCUT2D eigenvalue weighted by Crippen LogP contribution is -2.23. The van der Waals surface area contributed by atoms with Gasteiger partial charge in [0.15, 0.2) is 0 Å². The van der Waals surface area contributed by atoms with Crippen LogP contribution in [0.1, 0.15) is 37.1 Å². The van der Waals surface area contributed by atoms with Crippen LogP contribution in [0.15, 0.2) is 40.9 Å². The van der Waals surface area contributed by atoms with E-state index >= 15 is 0 Å². The third kappa shape index (κ3) is 3.98. The lowest BCUT2D eigenvalue weighted by molar-refractivity contribution is 0.492. The van der Waals surface area contributed by atoms with Gasteiger partial charge in [0.25, 0.3) is 0 Å². The summed E-state index contributed by atoms with van der Waals surface area (Å²) in [5, 5.41) is 3.93. The summed E-state index contributed by atoms with van der Waals surface area (Å²) in [6.45, 7) is 3.96. The maximum Gasteiger partial charge on any atom is 0.142 e. The van der Waals surface area contributed by atoms with Gasteiger partial charge in [-0.05, 0) is 43.7 Å². The molecule has 0 bridgehead atoms. The second-order valence-corrected chi connectivity index (χ2v) is 6.62. The summed E-state index contributed by atoms with van der Waals surface area (Å²) in [6.07, 6.45) is 0. The third-order valence-electron chi connectivity index (χ3n) is 3.38. The topological polar surface area (TPSA) is 12.0 Å². The van der Waals surface area contributed by atoms with Gasteiger partial charge in [0.1, 0.15) is 5.82 Å². The molecular formula is C16H15BrCl2FN. The average molecular weight is 391 g/mol. The van der Waals surface area contributed by atoms with Gasteiger partial charge in [-0.25, -0.2) is 4.39 Å². The lowest BCUT2D eigenvalue weighted by atomic mass is 10.0. The highest BCUT2D eigenvalue weighted by atomic mass is 79.9. The third-order valence-corrected chi connectivity index (χ3v) is 4.62. The molecule has 0 amide bonds. The van der Waals surface area contributed by atoms with E-state index in [2.05, 4.69) is 21.2 Å². The summed E-state index contributed by atoms with van der Waals surface area (Å²) in [5.74, 6) is -0.457. The standard InChI is InChI=1S/C16H15BrCl2FN/c1-9(11-3-5-12(17)6-4-11)21-10(2)15-13(18)7-8-14(20)16(15)19/h3-10,21H,1-2H3/t9-,10?/m0/s1. The van der Waals surface area contributed by atoms with Crippen molar-refractivity contribution in [3.05, 3.63) is 67.9 Å². The molecule has 2 rings (SSSR count). The maximum atomic E-state index is 13.6. The number of hydrogen-bond donors (Lipinski definition) is 1. The van der Waals surface area contributed by atoms with Crippen LogP contribution in [-0.2, 0) is 0 Å². The van der Waals surface area contributed by atoms with Crippen LogP contribution in [0.25, 0.3) is 0 Å². The molecule has 0 heterocycles. The van der Waals surface area contributed by atoms with E-state index in [1.54, 1.807) is 0 Å². The predicted octanol–water partition coefficient (Wildman–Crippen LogP) is 6.31. The van der Waals surface area contributed by atoms with E-state index < -0.39 is 5.82 Å². The molecule has 0 fully saturated rings. The second-order valence-electron chi connectivity index (χ2n) is 4.92. The Bertz CT molecular complexity index is 631. The number of benzene rings is 2. The summed E-state index contributed by atoms with van der Waals surface area (Å²) in [4.78, 5) is 0. The van der Waals surface area contributed by atoms with Gasteiger partial charge in [-0.15, -0.1) is 0 Å². The van der Waals surface area contributed by atoms with Gasteiger partial charge in [-0.2, -0.15) is 0 Å². The summed E-state index contributed by atoms with van der Waals surface area (Å²) in [7, 11) is 0. The minimum absolute atomic E-state index is 0.0745. The second kappa shape index (κ2) is 7.10. The fraction of sp³-hybridized carbons (Fsp3) is 0.250. The monoisotopic (exact) mass is 389 g/mol. The van der Waals surface area contributed by atoms with Crippen molar-refractivity contribution in [1.82, 2.24) is 5.32 Å². The molecule has 2 aromatic rings. The van der Waals surface area contributed by atoms with Crippen LogP contribution in [-0.4, -0.2) is 0 Å². The lowest BCUT2D eigenvalue weighted by Gasteiger charge is -2.22. The number of hydrogen-bond acceptors (Lipinski definition) is 1. The zero-order chi connectivity index (χ0) is 15.6. The number of nitrogens with one attached hydrogen (secondary N) is 1. The van der Waals surface area contributed by atoms with Crippen molar-refractivity contribution in [2.75, 3.05) is 0 Å². The van der Waals surface area contributed by atoms with Gasteiger partial charge in [-0.1, -0.05) is 51.3 Å². The van der Waals surface area contributed by atoms with Crippen LogP contribution < -0.4 is 5.32 Å². The summed E-state index contributed by atoms with van der Waals surface area (Å²) in [5.41, 5.74) is 1.72. The molecule has 0 aliphatic carbocycles. The summed E-state index contributed by atoms with van der Waals surface area (Å²) >= 11 is 15.6. The average Bonchev–Trinajstić information content (AvgIpc) is 2.44. The van der Waals surface area contributed by atoms with Crippen LogP contribution in [0.5, 0.6) is 0 Å². The maximum absolute atomic E-state index is 13.6. The van der Waals surface area contributed by atoms with Crippen LogP contribution in [0.4, 0.5) is 4.39 Å². The SMILES string of the molecule is CC(N[C@@H](C)c1ccc(Br)cc1)c1c(Cl)ccc(F)c1Cl. The molecule has 0 aromatic heterocycles. The molecule has 1 nitrogen and oxygen atoms in total. The van der Waals surface area contributed by atoms with E-state index in [0.29, 0.717) is 10.6 Å². The highest BCUT2D eigenvalue weighted by Crippen LogP contribution is 2.33. The molecule has 0 saturated carbocycles. The van der Waals surface area contributed by atoms with Crippen LogP contribution >= 0.6 is 39.1 Å². The van der Waals surface area contributed by atoms with Crippen LogP contribution in [0, 0.1) is 5.82 Å². The largest absolute Gasteiger partial charge is 0.304 e. The molecule has 1 unspecified atom stereocenters. The molecule has 5 heteroatoms. The Morgan fingerprint density at radius 3 is 2.24 bits per heavy atom. The Morgan fingerprint density at radius 1 is 1.00 bits per heavy atom. The first-order chi connectivity index (χ1) is 9.90. The Labute approximate surface area is 142 Å². The molecule has 21 heavy (non-hydrogen) atoms. The van der Waals surface area contributed by atoms with Crippen LogP contribution in [0.2, 0.25) is 10.0 Å². The summed E-state index contributed by atoms with van der Waals surface area (Å²) in [6, 6.07) is 10.8. The zero-order valence-electron chi connectivity index (χ0n) is 11.6. The molecule has 0 spiro atoms. The van der Waals surface area contributed by atoms with Gasteiger partial charge >= 0.3 is 0 Å². The van der Waals surface area contributed by atoms with E-state index in [0.717, 1.165) is 10.0 Å². The van der Waals surface area contributed by atoms with E-state index in [4.69, 9.17) is 23.2 Å². The van der Waals surface area contributed by atoms with Crippen LogP contribution in [0.3, 0.4) is 0 Å². The molecule has 1 N–H and O–H groups in total. The fourth-order valence-corrected chi connectivity index (χ4v) is 3.21. The zero-order valence-corrected chi connectivity index (χ0v) is 14.7. The molecule has 0 radical (unpaired) electrons. The molecule has 2 atom stereocenters. The quantitative estimate of drug-likeness (QED) is 0.603.